The molecule has 0 saturated heterocycles. The van der Waals surface area contributed by atoms with Crippen LogP contribution in [-0.4, -0.2) is 12.3 Å². The van der Waals surface area contributed by atoms with Crippen molar-refractivity contribution in [3.8, 4) is 0 Å². The summed E-state index contributed by atoms with van der Waals surface area (Å²) in [5.41, 5.74) is -0.371. The van der Waals surface area contributed by atoms with Gasteiger partial charge in [0.05, 0.1) is 6.10 Å². The second kappa shape index (κ2) is 4.10. The Hall–Kier alpha value is -1.81. The van der Waals surface area contributed by atoms with Gasteiger partial charge in [0.15, 0.2) is 0 Å². The zero-order chi connectivity index (χ0) is 14.7. The van der Waals surface area contributed by atoms with E-state index in [1.165, 1.54) is 0 Å². The average Bonchev–Trinajstić information content (AvgIpc) is 2.46. The van der Waals surface area contributed by atoms with Gasteiger partial charge in [0.2, 0.25) is 5.60 Å². The van der Waals surface area contributed by atoms with Crippen LogP contribution in [0.4, 0.5) is 13.2 Å². The van der Waals surface area contributed by atoms with E-state index in [-0.39, 0.29) is 11.1 Å². The van der Waals surface area contributed by atoms with Crippen LogP contribution in [0, 0.1) is 0 Å². The highest BCUT2D eigenvalue weighted by molar-refractivity contribution is 5.50. The number of ether oxygens (including phenoxy) is 1. The zero-order valence-electron chi connectivity index (χ0n) is 11.2. The van der Waals surface area contributed by atoms with Crippen molar-refractivity contribution in [2.24, 2.45) is 0 Å². The van der Waals surface area contributed by atoms with Gasteiger partial charge in [-0.15, -0.1) is 0 Å². The Labute approximate surface area is 120 Å². The van der Waals surface area contributed by atoms with E-state index in [0.717, 1.165) is 11.1 Å². The van der Waals surface area contributed by atoms with E-state index >= 15 is 0 Å². The van der Waals surface area contributed by atoms with Gasteiger partial charge in [0.25, 0.3) is 0 Å². The summed E-state index contributed by atoms with van der Waals surface area (Å²) >= 11 is 0. The summed E-state index contributed by atoms with van der Waals surface area (Å²) in [7, 11) is 0. The Bertz CT molecular complexity index is 656. The standard InChI is InChI=1S/C17H13F3O/c18-17(19,20)16-14-7-3-1-5-11(14)9-13(21-16)10-12-6-2-4-8-15(12)16/h1-8,13H,9-10H2. The van der Waals surface area contributed by atoms with E-state index < -0.39 is 17.9 Å². The van der Waals surface area contributed by atoms with Crippen molar-refractivity contribution in [3.05, 3.63) is 70.8 Å². The first-order valence-electron chi connectivity index (χ1n) is 6.94. The van der Waals surface area contributed by atoms with E-state index in [4.69, 9.17) is 4.74 Å². The minimum absolute atomic E-state index is 0.237. The van der Waals surface area contributed by atoms with Gasteiger partial charge >= 0.3 is 6.18 Å². The van der Waals surface area contributed by atoms with Crippen LogP contribution in [-0.2, 0) is 23.2 Å². The van der Waals surface area contributed by atoms with Crippen molar-refractivity contribution in [1.82, 2.24) is 0 Å². The van der Waals surface area contributed by atoms with E-state index in [0.29, 0.717) is 12.8 Å². The van der Waals surface area contributed by atoms with Crippen molar-refractivity contribution in [3.63, 3.8) is 0 Å². The maximum Gasteiger partial charge on any atom is 0.426 e. The highest BCUT2D eigenvalue weighted by Crippen LogP contribution is 2.54. The van der Waals surface area contributed by atoms with Crippen LogP contribution < -0.4 is 0 Å². The summed E-state index contributed by atoms with van der Waals surface area (Å²) in [6.45, 7) is 0. The normalized spacial score (nSPS) is 26.9. The number of fused-ring (bicyclic) bond motifs is 6. The molecule has 1 nitrogen and oxygen atoms in total. The molecule has 2 heterocycles. The molecule has 0 aromatic heterocycles. The highest BCUT2D eigenvalue weighted by atomic mass is 19.4. The van der Waals surface area contributed by atoms with E-state index in [1.54, 1.807) is 48.5 Å². The highest BCUT2D eigenvalue weighted by Gasteiger charge is 2.63. The molecule has 0 atom stereocenters. The van der Waals surface area contributed by atoms with Gasteiger partial charge < -0.3 is 4.74 Å². The topological polar surface area (TPSA) is 9.23 Å². The third-order valence-corrected chi connectivity index (χ3v) is 4.43. The van der Waals surface area contributed by atoms with Crippen LogP contribution >= 0.6 is 0 Å². The smallest absolute Gasteiger partial charge is 0.353 e. The second-order valence-electron chi connectivity index (χ2n) is 5.64. The first-order valence-corrected chi connectivity index (χ1v) is 6.94. The van der Waals surface area contributed by atoms with Gasteiger partial charge in [-0.1, -0.05) is 48.5 Å². The SMILES string of the molecule is FC(F)(F)C12OC(Cc3ccccc31)Cc1ccccc12. The molecule has 2 aliphatic rings. The summed E-state index contributed by atoms with van der Waals surface area (Å²) in [6.07, 6.45) is -3.85. The lowest BCUT2D eigenvalue weighted by Crippen LogP contribution is -2.55. The molecule has 4 heteroatoms. The van der Waals surface area contributed by atoms with Crippen LogP contribution in [0.25, 0.3) is 0 Å². The summed E-state index contributed by atoms with van der Waals surface area (Å²) in [5, 5.41) is 0. The number of hydrogen-bond donors (Lipinski definition) is 0. The Kier molecular flexibility index (Phi) is 2.52. The summed E-state index contributed by atoms with van der Waals surface area (Å²) in [4.78, 5) is 0. The van der Waals surface area contributed by atoms with Crippen molar-refractivity contribution < 1.29 is 17.9 Å². The molecule has 0 radical (unpaired) electrons. The van der Waals surface area contributed by atoms with Crippen LogP contribution in [0.15, 0.2) is 48.5 Å². The summed E-state index contributed by atoms with van der Waals surface area (Å²) < 4.78 is 47.7. The molecule has 2 bridgehead atoms. The van der Waals surface area contributed by atoms with Gasteiger partial charge in [-0.2, -0.15) is 13.2 Å². The van der Waals surface area contributed by atoms with Crippen molar-refractivity contribution in [1.29, 1.82) is 0 Å². The fraction of sp³-hybridized carbons (Fsp3) is 0.294. The first kappa shape index (κ1) is 12.9. The van der Waals surface area contributed by atoms with Crippen LogP contribution in [0.3, 0.4) is 0 Å². The maximum absolute atomic E-state index is 14.0. The molecule has 0 N–H and O–H groups in total. The predicted molar refractivity (Wildman–Crippen MR) is 72.0 cm³/mol. The molecule has 0 unspecified atom stereocenters. The molecule has 2 aliphatic heterocycles. The van der Waals surface area contributed by atoms with Crippen molar-refractivity contribution in [2.75, 3.05) is 0 Å². The minimum Gasteiger partial charge on any atom is -0.353 e. The van der Waals surface area contributed by atoms with E-state index in [2.05, 4.69) is 0 Å². The van der Waals surface area contributed by atoms with Gasteiger partial charge in [-0.05, 0) is 24.0 Å². The second-order valence-corrected chi connectivity index (χ2v) is 5.64. The largest absolute Gasteiger partial charge is 0.426 e. The van der Waals surface area contributed by atoms with Crippen molar-refractivity contribution in [2.45, 2.75) is 30.7 Å². The van der Waals surface area contributed by atoms with Crippen molar-refractivity contribution >= 4 is 0 Å². The fourth-order valence-electron chi connectivity index (χ4n) is 3.62. The van der Waals surface area contributed by atoms with Gasteiger partial charge in [0.1, 0.15) is 0 Å². The fourth-order valence-corrected chi connectivity index (χ4v) is 3.62. The lowest BCUT2D eigenvalue weighted by Gasteiger charge is -2.48. The third-order valence-electron chi connectivity index (χ3n) is 4.43. The number of alkyl halides is 3. The molecule has 0 aliphatic carbocycles. The molecule has 2 aromatic rings. The molecular formula is C17H13F3O. The first-order chi connectivity index (χ1) is 10.0. The van der Waals surface area contributed by atoms with Gasteiger partial charge in [-0.25, -0.2) is 0 Å². The van der Waals surface area contributed by atoms with Gasteiger partial charge in [0, 0.05) is 11.1 Å². The summed E-state index contributed by atoms with van der Waals surface area (Å²) in [5.74, 6) is 0. The zero-order valence-corrected chi connectivity index (χ0v) is 11.2. The quantitative estimate of drug-likeness (QED) is 0.713. The summed E-state index contributed by atoms with van der Waals surface area (Å²) in [6, 6.07) is 13.5. The van der Waals surface area contributed by atoms with E-state index in [1.807, 2.05) is 0 Å². The molecular weight excluding hydrogens is 277 g/mol. The monoisotopic (exact) mass is 290 g/mol. The Balaban J connectivity index is 2.09. The number of benzene rings is 2. The van der Waals surface area contributed by atoms with Crippen LogP contribution in [0.5, 0.6) is 0 Å². The van der Waals surface area contributed by atoms with Gasteiger partial charge in [-0.3, -0.25) is 0 Å². The molecule has 0 fully saturated rings. The Morgan fingerprint density at radius 1 is 0.857 bits per heavy atom. The molecule has 4 rings (SSSR count). The Morgan fingerprint density at radius 3 is 1.81 bits per heavy atom. The minimum atomic E-state index is -4.49. The molecule has 2 aromatic carbocycles. The maximum atomic E-state index is 14.0. The molecule has 0 amide bonds. The lowest BCUT2D eigenvalue weighted by atomic mass is 9.73. The lowest BCUT2D eigenvalue weighted by molar-refractivity contribution is -0.289. The average molecular weight is 290 g/mol. The van der Waals surface area contributed by atoms with Crippen LogP contribution in [0.1, 0.15) is 22.3 Å². The van der Waals surface area contributed by atoms with E-state index in [9.17, 15) is 13.2 Å². The molecule has 21 heavy (non-hydrogen) atoms. The number of hydrogen-bond acceptors (Lipinski definition) is 1. The Morgan fingerprint density at radius 2 is 1.33 bits per heavy atom. The third kappa shape index (κ3) is 1.62. The predicted octanol–water partition coefficient (Wildman–Crippen LogP) is 3.99. The molecule has 0 spiro atoms. The molecule has 108 valence electrons. The molecule has 0 saturated carbocycles. The number of rotatable bonds is 0. The number of halogens is 3. The van der Waals surface area contributed by atoms with Crippen LogP contribution in [0.2, 0.25) is 0 Å².